The zero-order valence-electron chi connectivity index (χ0n) is 11.4. The van der Waals surface area contributed by atoms with Crippen molar-refractivity contribution < 1.29 is 13.2 Å². The zero-order valence-corrected chi connectivity index (χ0v) is 14.4. The van der Waals surface area contributed by atoms with Gasteiger partial charge in [0.25, 0.3) is 0 Å². The third-order valence-corrected chi connectivity index (χ3v) is 5.81. The summed E-state index contributed by atoms with van der Waals surface area (Å²) >= 11 is 2.16. The third kappa shape index (κ3) is 4.02. The first-order valence-electron chi connectivity index (χ1n) is 6.61. The van der Waals surface area contributed by atoms with Crippen LogP contribution in [0.15, 0.2) is 24.3 Å². The molecular weight excluding hydrogens is 389 g/mol. The molecule has 20 heavy (non-hydrogen) atoms. The molecule has 2 rings (SSSR count). The number of nitrogens with zero attached hydrogens (tertiary/aromatic N) is 1. The average molecular weight is 407 g/mol. The van der Waals surface area contributed by atoms with Gasteiger partial charge in [-0.05, 0) is 47.4 Å². The minimum Gasteiger partial charge on any atom is -0.294 e. The molecule has 1 saturated heterocycles. The van der Waals surface area contributed by atoms with Crippen molar-refractivity contribution in [2.75, 3.05) is 19.3 Å². The number of rotatable bonds is 4. The highest BCUT2D eigenvalue weighted by molar-refractivity contribution is 14.1. The van der Waals surface area contributed by atoms with E-state index in [0.717, 1.165) is 22.0 Å². The van der Waals surface area contributed by atoms with Crippen LogP contribution in [0.5, 0.6) is 0 Å². The zero-order chi connectivity index (χ0) is 14.8. The van der Waals surface area contributed by atoms with Crippen molar-refractivity contribution in [2.45, 2.75) is 19.3 Å². The Morgan fingerprint density at radius 1 is 1.40 bits per heavy atom. The lowest BCUT2D eigenvalue weighted by atomic mass is 9.92. The largest absolute Gasteiger partial charge is 0.294 e. The summed E-state index contributed by atoms with van der Waals surface area (Å²) in [6, 6.07) is 7.52. The van der Waals surface area contributed by atoms with Crippen LogP contribution in [-0.2, 0) is 10.0 Å². The molecule has 0 N–H and O–H groups in total. The Morgan fingerprint density at radius 3 is 2.75 bits per heavy atom. The van der Waals surface area contributed by atoms with Crippen LogP contribution in [-0.4, -0.2) is 37.9 Å². The maximum Gasteiger partial charge on any atom is 0.211 e. The molecule has 1 heterocycles. The van der Waals surface area contributed by atoms with Crippen molar-refractivity contribution in [2.24, 2.45) is 5.92 Å². The summed E-state index contributed by atoms with van der Waals surface area (Å²) in [5.41, 5.74) is 0.740. The molecule has 1 aliphatic heterocycles. The van der Waals surface area contributed by atoms with Gasteiger partial charge in [-0.25, -0.2) is 12.7 Å². The molecule has 0 amide bonds. The Morgan fingerprint density at radius 2 is 2.10 bits per heavy atom. The molecule has 0 saturated carbocycles. The number of ketones is 1. The van der Waals surface area contributed by atoms with E-state index in [2.05, 4.69) is 22.6 Å². The average Bonchev–Trinajstić information content (AvgIpc) is 2.38. The van der Waals surface area contributed by atoms with Crippen molar-refractivity contribution in [3.8, 4) is 0 Å². The van der Waals surface area contributed by atoms with E-state index >= 15 is 0 Å². The second kappa shape index (κ2) is 6.53. The number of hydrogen-bond donors (Lipinski definition) is 0. The van der Waals surface area contributed by atoms with Gasteiger partial charge < -0.3 is 0 Å². The predicted molar refractivity (Wildman–Crippen MR) is 87.2 cm³/mol. The van der Waals surface area contributed by atoms with Gasteiger partial charge in [0, 0.05) is 28.6 Å². The lowest BCUT2D eigenvalue weighted by Gasteiger charge is -2.30. The summed E-state index contributed by atoms with van der Waals surface area (Å²) in [7, 11) is -3.15. The normalized spacial score (nSPS) is 20.8. The van der Waals surface area contributed by atoms with E-state index in [1.807, 2.05) is 24.3 Å². The molecule has 6 heteroatoms. The van der Waals surface area contributed by atoms with Gasteiger partial charge in [-0.3, -0.25) is 4.79 Å². The molecule has 0 radical (unpaired) electrons. The molecule has 0 aromatic heterocycles. The lowest BCUT2D eigenvalue weighted by molar-refractivity contribution is 0.0941. The van der Waals surface area contributed by atoms with Crippen LogP contribution in [0.3, 0.4) is 0 Å². The number of piperidine rings is 1. The van der Waals surface area contributed by atoms with Crippen molar-refractivity contribution >= 4 is 38.4 Å². The van der Waals surface area contributed by atoms with Gasteiger partial charge >= 0.3 is 0 Å². The predicted octanol–water partition coefficient (Wildman–Crippen LogP) is 2.54. The second-order valence-electron chi connectivity index (χ2n) is 5.24. The van der Waals surface area contributed by atoms with Crippen LogP contribution in [0, 0.1) is 9.49 Å². The number of carbonyl (C=O) groups is 1. The van der Waals surface area contributed by atoms with Crippen LogP contribution in [0.4, 0.5) is 0 Å². The van der Waals surface area contributed by atoms with Gasteiger partial charge in [-0.1, -0.05) is 18.2 Å². The Bertz CT molecular complexity index is 600. The third-order valence-electron chi connectivity index (χ3n) is 3.60. The molecule has 1 aromatic rings. The minimum atomic E-state index is -3.15. The molecule has 1 atom stereocenters. The number of carbonyl (C=O) groups excluding carboxylic acids is 1. The lowest BCUT2D eigenvalue weighted by Crippen LogP contribution is -2.39. The summed E-state index contributed by atoms with van der Waals surface area (Å²) in [6.07, 6.45) is 3.40. The fraction of sp³-hybridized carbons (Fsp3) is 0.500. The van der Waals surface area contributed by atoms with Gasteiger partial charge in [-0.15, -0.1) is 0 Å². The number of hydrogen-bond acceptors (Lipinski definition) is 3. The maximum absolute atomic E-state index is 12.3. The van der Waals surface area contributed by atoms with Crippen molar-refractivity contribution in [3.05, 3.63) is 33.4 Å². The number of halogens is 1. The molecule has 4 nitrogen and oxygen atoms in total. The molecule has 0 aliphatic carbocycles. The van der Waals surface area contributed by atoms with E-state index in [1.165, 1.54) is 10.6 Å². The van der Waals surface area contributed by atoms with E-state index in [0.29, 0.717) is 19.5 Å². The first kappa shape index (κ1) is 15.9. The fourth-order valence-corrected chi connectivity index (χ4v) is 4.18. The fourth-order valence-electron chi connectivity index (χ4n) is 2.55. The molecular formula is C14H18INO3S. The molecule has 1 aliphatic rings. The Labute approximate surface area is 133 Å². The van der Waals surface area contributed by atoms with Crippen LogP contribution < -0.4 is 0 Å². The highest BCUT2D eigenvalue weighted by atomic mass is 127. The van der Waals surface area contributed by atoms with E-state index in [-0.39, 0.29) is 11.7 Å². The summed E-state index contributed by atoms with van der Waals surface area (Å²) < 4.78 is 25.6. The van der Waals surface area contributed by atoms with Crippen molar-refractivity contribution in [3.63, 3.8) is 0 Å². The standard InChI is InChI=1S/C14H18INO3S/c1-20(18,19)16-8-4-5-11(10-16)9-14(17)12-6-2-3-7-13(12)15/h2-3,6-7,11H,4-5,8-10H2,1H3. The van der Waals surface area contributed by atoms with Crippen LogP contribution in [0.1, 0.15) is 29.6 Å². The van der Waals surface area contributed by atoms with Crippen LogP contribution >= 0.6 is 22.6 Å². The molecule has 1 fully saturated rings. The maximum atomic E-state index is 12.3. The quantitative estimate of drug-likeness (QED) is 0.570. The van der Waals surface area contributed by atoms with Crippen LogP contribution in [0.25, 0.3) is 0 Å². The van der Waals surface area contributed by atoms with E-state index in [9.17, 15) is 13.2 Å². The summed E-state index contributed by atoms with van der Waals surface area (Å²) in [5, 5.41) is 0. The van der Waals surface area contributed by atoms with Gasteiger partial charge in [0.1, 0.15) is 0 Å². The van der Waals surface area contributed by atoms with Gasteiger partial charge in [-0.2, -0.15) is 0 Å². The highest BCUT2D eigenvalue weighted by Crippen LogP contribution is 2.24. The first-order valence-corrected chi connectivity index (χ1v) is 9.53. The summed E-state index contributed by atoms with van der Waals surface area (Å²) in [4.78, 5) is 12.3. The monoisotopic (exact) mass is 407 g/mol. The summed E-state index contributed by atoms with van der Waals surface area (Å²) in [5.74, 6) is 0.234. The summed E-state index contributed by atoms with van der Waals surface area (Å²) in [6.45, 7) is 1.04. The van der Waals surface area contributed by atoms with Gasteiger partial charge in [0.05, 0.1) is 6.26 Å². The number of sulfonamides is 1. The molecule has 0 bridgehead atoms. The molecule has 1 unspecified atom stereocenters. The second-order valence-corrected chi connectivity index (χ2v) is 8.38. The van der Waals surface area contributed by atoms with Crippen molar-refractivity contribution in [1.82, 2.24) is 4.31 Å². The van der Waals surface area contributed by atoms with Gasteiger partial charge in [0.15, 0.2) is 5.78 Å². The van der Waals surface area contributed by atoms with Crippen molar-refractivity contribution in [1.29, 1.82) is 0 Å². The molecule has 1 aromatic carbocycles. The topological polar surface area (TPSA) is 54.5 Å². The van der Waals surface area contributed by atoms with E-state index in [4.69, 9.17) is 0 Å². The highest BCUT2D eigenvalue weighted by Gasteiger charge is 2.27. The Balaban J connectivity index is 2.03. The Kier molecular flexibility index (Phi) is 5.19. The van der Waals surface area contributed by atoms with E-state index in [1.54, 1.807) is 0 Å². The van der Waals surface area contributed by atoms with Crippen LogP contribution in [0.2, 0.25) is 0 Å². The Hall–Kier alpha value is -0.470. The van der Waals surface area contributed by atoms with E-state index < -0.39 is 10.0 Å². The smallest absolute Gasteiger partial charge is 0.211 e. The SMILES string of the molecule is CS(=O)(=O)N1CCCC(CC(=O)c2ccccc2I)C1. The first-order chi connectivity index (χ1) is 9.38. The van der Waals surface area contributed by atoms with Gasteiger partial charge in [0.2, 0.25) is 10.0 Å². The number of benzene rings is 1. The number of Topliss-reactive ketones (excluding diaryl/α,β-unsaturated/α-hetero) is 1. The molecule has 110 valence electrons. The molecule has 0 spiro atoms. The minimum absolute atomic E-state index is 0.107.